The Kier molecular flexibility index (Phi) is 5.25. The number of rotatable bonds is 5. The monoisotopic (exact) mass is 344 g/mol. The summed E-state index contributed by atoms with van der Waals surface area (Å²) < 4.78 is 5.12. The first-order chi connectivity index (χ1) is 11.7. The van der Waals surface area contributed by atoms with Gasteiger partial charge in [0.2, 0.25) is 5.91 Å². The summed E-state index contributed by atoms with van der Waals surface area (Å²) in [4.78, 5) is 30.7. The SMILES string of the molecule is COc1ccc(CC(=O)N2CCC(C(=O)c3nccs3)CC2)cc1. The van der Waals surface area contributed by atoms with Gasteiger partial charge in [0, 0.05) is 30.6 Å². The Balaban J connectivity index is 1.52. The maximum absolute atomic E-state index is 12.4. The molecule has 0 aliphatic carbocycles. The first kappa shape index (κ1) is 16.6. The number of likely N-dealkylation sites (tertiary alicyclic amines) is 1. The molecule has 6 heteroatoms. The van der Waals surface area contributed by atoms with Gasteiger partial charge in [-0.25, -0.2) is 4.98 Å². The maximum Gasteiger partial charge on any atom is 0.226 e. The van der Waals surface area contributed by atoms with Crippen molar-refractivity contribution in [3.8, 4) is 5.75 Å². The fourth-order valence-electron chi connectivity index (χ4n) is 2.94. The van der Waals surface area contributed by atoms with Gasteiger partial charge in [-0.15, -0.1) is 11.3 Å². The number of nitrogens with zero attached hydrogens (tertiary/aromatic N) is 2. The lowest BCUT2D eigenvalue weighted by atomic mass is 9.92. The van der Waals surface area contributed by atoms with Gasteiger partial charge in [-0.2, -0.15) is 0 Å². The van der Waals surface area contributed by atoms with Gasteiger partial charge in [0.05, 0.1) is 13.5 Å². The maximum atomic E-state index is 12.4. The number of amides is 1. The highest BCUT2D eigenvalue weighted by atomic mass is 32.1. The Morgan fingerprint density at radius 2 is 1.96 bits per heavy atom. The van der Waals surface area contributed by atoms with Crippen LogP contribution in [0.5, 0.6) is 5.75 Å². The number of ketones is 1. The van der Waals surface area contributed by atoms with Crippen molar-refractivity contribution in [1.29, 1.82) is 0 Å². The number of thiazole rings is 1. The van der Waals surface area contributed by atoms with Crippen LogP contribution in [0.2, 0.25) is 0 Å². The Bertz CT molecular complexity index is 690. The molecule has 0 spiro atoms. The van der Waals surface area contributed by atoms with E-state index in [1.165, 1.54) is 11.3 Å². The summed E-state index contributed by atoms with van der Waals surface area (Å²) in [5.74, 6) is 1.00. The standard InChI is InChI=1S/C18H20N2O3S/c1-23-15-4-2-13(3-5-15)12-16(21)20-9-6-14(7-10-20)17(22)18-19-8-11-24-18/h2-5,8,11,14H,6-7,9-10,12H2,1H3. The van der Waals surface area contributed by atoms with Gasteiger partial charge in [-0.05, 0) is 30.5 Å². The number of hydrogen-bond donors (Lipinski definition) is 0. The molecule has 5 nitrogen and oxygen atoms in total. The van der Waals surface area contributed by atoms with Crippen LogP contribution < -0.4 is 4.74 Å². The van der Waals surface area contributed by atoms with Crippen LogP contribution in [0.15, 0.2) is 35.8 Å². The van der Waals surface area contributed by atoms with Crippen LogP contribution >= 0.6 is 11.3 Å². The highest BCUT2D eigenvalue weighted by molar-refractivity contribution is 7.11. The molecule has 3 rings (SSSR count). The molecule has 1 amide bonds. The summed E-state index contributed by atoms with van der Waals surface area (Å²) in [5, 5.41) is 2.40. The average Bonchev–Trinajstić information content (AvgIpc) is 3.16. The molecular formula is C18H20N2O3S. The van der Waals surface area contributed by atoms with Gasteiger partial charge < -0.3 is 9.64 Å². The number of piperidine rings is 1. The summed E-state index contributed by atoms with van der Waals surface area (Å²) in [6.45, 7) is 1.27. The van der Waals surface area contributed by atoms with Crippen molar-refractivity contribution in [1.82, 2.24) is 9.88 Å². The highest BCUT2D eigenvalue weighted by Crippen LogP contribution is 2.23. The van der Waals surface area contributed by atoms with E-state index in [4.69, 9.17) is 4.74 Å². The number of carbonyl (C=O) groups is 2. The minimum Gasteiger partial charge on any atom is -0.497 e. The van der Waals surface area contributed by atoms with Crippen molar-refractivity contribution >= 4 is 23.0 Å². The molecule has 1 aromatic heterocycles. The van der Waals surface area contributed by atoms with E-state index in [-0.39, 0.29) is 17.6 Å². The van der Waals surface area contributed by atoms with Gasteiger partial charge in [-0.3, -0.25) is 9.59 Å². The van der Waals surface area contributed by atoms with Gasteiger partial charge in [0.15, 0.2) is 10.8 Å². The second-order valence-corrected chi connectivity index (χ2v) is 6.78. The smallest absolute Gasteiger partial charge is 0.226 e. The lowest BCUT2D eigenvalue weighted by molar-refractivity contribution is -0.131. The topological polar surface area (TPSA) is 59.5 Å². The fourth-order valence-corrected chi connectivity index (χ4v) is 3.60. The van der Waals surface area contributed by atoms with Crippen LogP contribution in [0, 0.1) is 5.92 Å². The molecular weight excluding hydrogens is 324 g/mol. The van der Waals surface area contributed by atoms with Gasteiger partial charge >= 0.3 is 0 Å². The molecule has 126 valence electrons. The van der Waals surface area contributed by atoms with Crippen LogP contribution in [0.4, 0.5) is 0 Å². The van der Waals surface area contributed by atoms with E-state index in [9.17, 15) is 9.59 Å². The van der Waals surface area contributed by atoms with E-state index in [0.29, 0.717) is 37.4 Å². The number of ether oxygens (including phenoxy) is 1. The molecule has 2 aromatic rings. The van der Waals surface area contributed by atoms with Gasteiger partial charge in [0.1, 0.15) is 5.75 Å². The van der Waals surface area contributed by atoms with E-state index in [1.54, 1.807) is 13.3 Å². The lowest BCUT2D eigenvalue weighted by Gasteiger charge is -2.31. The summed E-state index contributed by atoms with van der Waals surface area (Å²) >= 11 is 1.39. The second-order valence-electron chi connectivity index (χ2n) is 5.88. The quantitative estimate of drug-likeness (QED) is 0.783. The van der Waals surface area contributed by atoms with E-state index in [1.807, 2.05) is 34.5 Å². The van der Waals surface area contributed by atoms with Crippen molar-refractivity contribution in [2.45, 2.75) is 19.3 Å². The third-order valence-corrected chi connectivity index (χ3v) is 5.16. The summed E-state index contributed by atoms with van der Waals surface area (Å²) in [5.41, 5.74) is 0.974. The molecule has 1 aromatic carbocycles. The zero-order chi connectivity index (χ0) is 16.9. The summed E-state index contributed by atoms with van der Waals surface area (Å²) in [7, 11) is 1.62. The number of hydrogen-bond acceptors (Lipinski definition) is 5. The molecule has 1 fully saturated rings. The Hall–Kier alpha value is -2.21. The van der Waals surface area contributed by atoms with Crippen LogP contribution in [-0.4, -0.2) is 41.8 Å². The molecule has 24 heavy (non-hydrogen) atoms. The Morgan fingerprint density at radius 3 is 2.54 bits per heavy atom. The number of aromatic nitrogens is 1. The Labute approximate surface area is 145 Å². The van der Waals surface area contributed by atoms with Crippen LogP contribution in [0.1, 0.15) is 28.2 Å². The van der Waals surface area contributed by atoms with E-state index in [2.05, 4.69) is 4.98 Å². The summed E-state index contributed by atoms with van der Waals surface area (Å²) in [6.07, 6.45) is 3.47. The number of methoxy groups -OCH3 is 1. The first-order valence-corrected chi connectivity index (χ1v) is 8.89. The predicted octanol–water partition coefficient (Wildman–Crippen LogP) is 2.82. The molecule has 0 N–H and O–H groups in total. The molecule has 0 radical (unpaired) electrons. The molecule has 0 saturated carbocycles. The largest absolute Gasteiger partial charge is 0.497 e. The van der Waals surface area contributed by atoms with E-state index in [0.717, 1.165) is 11.3 Å². The van der Waals surface area contributed by atoms with Gasteiger partial charge in [-0.1, -0.05) is 12.1 Å². The van der Waals surface area contributed by atoms with E-state index >= 15 is 0 Å². The molecule has 2 heterocycles. The van der Waals surface area contributed by atoms with E-state index < -0.39 is 0 Å². The number of carbonyl (C=O) groups excluding carboxylic acids is 2. The van der Waals surface area contributed by atoms with Crippen LogP contribution in [0.3, 0.4) is 0 Å². The zero-order valence-corrected chi connectivity index (χ0v) is 14.4. The van der Waals surface area contributed by atoms with Gasteiger partial charge in [0.25, 0.3) is 0 Å². The minimum absolute atomic E-state index is 0.0128. The van der Waals surface area contributed by atoms with Crippen molar-refractivity contribution in [2.24, 2.45) is 5.92 Å². The second kappa shape index (κ2) is 7.57. The average molecular weight is 344 g/mol. The normalized spacial score (nSPS) is 15.3. The van der Waals surface area contributed by atoms with Crippen molar-refractivity contribution in [2.75, 3.05) is 20.2 Å². The summed E-state index contributed by atoms with van der Waals surface area (Å²) in [6, 6.07) is 7.55. The minimum atomic E-state index is -0.0128. The molecule has 1 aliphatic rings. The lowest BCUT2D eigenvalue weighted by Crippen LogP contribution is -2.41. The molecule has 0 unspecified atom stereocenters. The van der Waals surface area contributed by atoms with Crippen LogP contribution in [-0.2, 0) is 11.2 Å². The third kappa shape index (κ3) is 3.82. The third-order valence-electron chi connectivity index (χ3n) is 4.38. The fraction of sp³-hybridized carbons (Fsp3) is 0.389. The number of benzene rings is 1. The number of Topliss-reactive ketones (excluding diaryl/α,β-unsaturated/α-hetero) is 1. The van der Waals surface area contributed by atoms with Crippen LogP contribution in [0.25, 0.3) is 0 Å². The molecule has 1 saturated heterocycles. The molecule has 1 aliphatic heterocycles. The highest BCUT2D eigenvalue weighted by Gasteiger charge is 2.28. The predicted molar refractivity (Wildman–Crippen MR) is 92.4 cm³/mol. The molecule has 0 bridgehead atoms. The Morgan fingerprint density at radius 1 is 1.25 bits per heavy atom. The first-order valence-electron chi connectivity index (χ1n) is 8.02. The van der Waals surface area contributed by atoms with Crippen molar-refractivity contribution < 1.29 is 14.3 Å². The molecule has 0 atom stereocenters. The van der Waals surface area contributed by atoms with Crippen molar-refractivity contribution in [3.63, 3.8) is 0 Å². The van der Waals surface area contributed by atoms with Crippen molar-refractivity contribution in [3.05, 3.63) is 46.4 Å². The zero-order valence-electron chi connectivity index (χ0n) is 13.6.